The molecule has 9 nitrogen and oxygen atoms in total. The van der Waals surface area contributed by atoms with Crippen molar-refractivity contribution in [3.63, 3.8) is 0 Å². The van der Waals surface area contributed by atoms with Crippen molar-refractivity contribution in [3.05, 3.63) is 60.3 Å². The zero-order valence-electron chi connectivity index (χ0n) is 16.3. The first-order valence-corrected chi connectivity index (χ1v) is 9.82. The summed E-state index contributed by atoms with van der Waals surface area (Å²) in [6.45, 7) is 0. The summed E-state index contributed by atoms with van der Waals surface area (Å²) in [4.78, 5) is 25.1. The van der Waals surface area contributed by atoms with Gasteiger partial charge in [-0.05, 0) is 30.3 Å². The predicted octanol–water partition coefficient (Wildman–Crippen LogP) is 2.98. The van der Waals surface area contributed by atoms with Crippen LogP contribution in [0.25, 0.3) is 16.4 Å². The molecule has 0 radical (unpaired) electrons. The Balaban J connectivity index is 1.40. The number of carbonyl (C=O) groups is 1. The van der Waals surface area contributed by atoms with Crippen LogP contribution >= 0.6 is 11.3 Å². The van der Waals surface area contributed by atoms with Crippen LogP contribution in [-0.2, 0) is 11.2 Å². The van der Waals surface area contributed by atoms with Gasteiger partial charge in [-0.15, -0.1) is 11.3 Å². The lowest BCUT2D eigenvalue weighted by Gasteiger charge is -2.08. The number of hydrogen-bond donors (Lipinski definition) is 1. The van der Waals surface area contributed by atoms with Gasteiger partial charge in [0.2, 0.25) is 5.91 Å². The van der Waals surface area contributed by atoms with E-state index < -0.39 is 0 Å². The van der Waals surface area contributed by atoms with Crippen molar-refractivity contribution in [2.45, 2.75) is 6.42 Å². The van der Waals surface area contributed by atoms with Gasteiger partial charge in [-0.1, -0.05) is 0 Å². The molecule has 1 amide bonds. The van der Waals surface area contributed by atoms with Gasteiger partial charge in [0.05, 0.1) is 38.2 Å². The molecule has 0 saturated heterocycles. The molecule has 10 heteroatoms. The van der Waals surface area contributed by atoms with E-state index in [2.05, 4.69) is 25.4 Å². The van der Waals surface area contributed by atoms with Gasteiger partial charge in [0.1, 0.15) is 17.7 Å². The molecule has 0 aliphatic carbocycles. The van der Waals surface area contributed by atoms with E-state index in [1.807, 2.05) is 23.6 Å². The summed E-state index contributed by atoms with van der Waals surface area (Å²) in [5, 5.41) is 9.52. The molecule has 0 unspecified atom stereocenters. The van der Waals surface area contributed by atoms with Crippen LogP contribution in [0.2, 0.25) is 0 Å². The lowest BCUT2D eigenvalue weighted by molar-refractivity contribution is -0.115. The number of rotatable bonds is 7. The molecule has 3 heterocycles. The van der Waals surface area contributed by atoms with Crippen LogP contribution < -0.4 is 14.8 Å². The van der Waals surface area contributed by atoms with Crippen molar-refractivity contribution in [2.24, 2.45) is 0 Å². The number of anilines is 1. The van der Waals surface area contributed by atoms with Crippen LogP contribution in [-0.4, -0.2) is 44.9 Å². The Morgan fingerprint density at radius 3 is 2.73 bits per heavy atom. The number of aromatic nitrogens is 5. The van der Waals surface area contributed by atoms with Gasteiger partial charge < -0.3 is 14.8 Å². The second kappa shape index (κ2) is 8.70. The molecule has 0 aliphatic rings. The summed E-state index contributed by atoms with van der Waals surface area (Å²) >= 11 is 1.47. The third-order valence-corrected chi connectivity index (χ3v) is 5.15. The average Bonchev–Trinajstić information content (AvgIpc) is 3.46. The Hall–Kier alpha value is -3.79. The second-order valence-corrected chi connectivity index (χ2v) is 7.04. The van der Waals surface area contributed by atoms with E-state index in [0.717, 1.165) is 10.6 Å². The maximum Gasteiger partial charge on any atom is 0.230 e. The second-order valence-electron chi connectivity index (χ2n) is 6.18. The Morgan fingerprint density at radius 2 is 2.03 bits per heavy atom. The molecule has 1 N–H and O–H groups in total. The number of benzene rings is 1. The van der Waals surface area contributed by atoms with Crippen LogP contribution in [0, 0.1) is 0 Å². The highest BCUT2D eigenvalue weighted by Gasteiger charge is 2.12. The molecule has 3 aromatic heterocycles. The number of nitrogens with one attached hydrogen (secondary N) is 1. The van der Waals surface area contributed by atoms with Crippen molar-refractivity contribution in [1.82, 2.24) is 24.7 Å². The molecule has 0 bridgehead atoms. The van der Waals surface area contributed by atoms with Gasteiger partial charge in [-0.3, -0.25) is 4.79 Å². The number of hydrogen-bond acceptors (Lipinski definition) is 8. The smallest absolute Gasteiger partial charge is 0.230 e. The van der Waals surface area contributed by atoms with Gasteiger partial charge in [0.25, 0.3) is 0 Å². The Morgan fingerprint density at radius 1 is 1.17 bits per heavy atom. The molecule has 1 aromatic carbocycles. The fourth-order valence-electron chi connectivity index (χ4n) is 2.78. The lowest BCUT2D eigenvalue weighted by Crippen LogP contribution is -2.15. The number of thiazole rings is 1. The van der Waals surface area contributed by atoms with Gasteiger partial charge in [0.15, 0.2) is 17.3 Å². The maximum absolute atomic E-state index is 12.4. The molecular formula is C20H18N6O3S. The van der Waals surface area contributed by atoms with E-state index in [1.165, 1.54) is 22.3 Å². The highest BCUT2D eigenvalue weighted by atomic mass is 32.1. The predicted molar refractivity (Wildman–Crippen MR) is 112 cm³/mol. The highest BCUT2D eigenvalue weighted by Crippen LogP contribution is 2.33. The molecule has 4 rings (SSSR count). The van der Waals surface area contributed by atoms with Crippen molar-refractivity contribution in [2.75, 3.05) is 19.5 Å². The molecule has 0 saturated carbocycles. The summed E-state index contributed by atoms with van der Waals surface area (Å²) in [6, 6.07) is 9.12. The van der Waals surface area contributed by atoms with Gasteiger partial charge in [-0.2, -0.15) is 5.10 Å². The van der Waals surface area contributed by atoms with Crippen LogP contribution in [0.1, 0.15) is 5.69 Å². The topological polar surface area (TPSA) is 104 Å². The molecule has 152 valence electrons. The molecule has 0 aliphatic heterocycles. The number of amides is 1. The van der Waals surface area contributed by atoms with Crippen molar-refractivity contribution in [1.29, 1.82) is 0 Å². The van der Waals surface area contributed by atoms with Gasteiger partial charge in [0, 0.05) is 10.9 Å². The minimum Gasteiger partial charge on any atom is -0.493 e. The number of ether oxygens (including phenoxy) is 2. The monoisotopic (exact) mass is 422 g/mol. The number of carbonyl (C=O) groups excluding carboxylic acids is 1. The number of pyridine rings is 1. The molecule has 0 fully saturated rings. The van der Waals surface area contributed by atoms with Crippen LogP contribution in [0.5, 0.6) is 11.5 Å². The van der Waals surface area contributed by atoms with Gasteiger partial charge in [-0.25, -0.2) is 19.6 Å². The van der Waals surface area contributed by atoms with E-state index in [-0.39, 0.29) is 12.3 Å². The normalized spacial score (nSPS) is 10.6. The number of methoxy groups -OCH3 is 2. The largest absolute Gasteiger partial charge is 0.493 e. The van der Waals surface area contributed by atoms with Gasteiger partial charge >= 0.3 is 0 Å². The Kier molecular flexibility index (Phi) is 5.66. The van der Waals surface area contributed by atoms with E-state index in [4.69, 9.17) is 9.47 Å². The molecule has 0 atom stereocenters. The first-order chi connectivity index (χ1) is 14.7. The molecule has 4 aromatic rings. The third-order valence-electron chi connectivity index (χ3n) is 4.21. The molecule has 0 spiro atoms. The van der Waals surface area contributed by atoms with Crippen molar-refractivity contribution < 1.29 is 14.3 Å². The van der Waals surface area contributed by atoms with E-state index >= 15 is 0 Å². The van der Waals surface area contributed by atoms with Crippen LogP contribution in [0.3, 0.4) is 0 Å². The van der Waals surface area contributed by atoms with Crippen molar-refractivity contribution in [3.8, 4) is 27.9 Å². The minimum atomic E-state index is -0.172. The lowest BCUT2D eigenvalue weighted by atomic mass is 10.2. The zero-order chi connectivity index (χ0) is 20.9. The molecule has 30 heavy (non-hydrogen) atoms. The van der Waals surface area contributed by atoms with E-state index in [9.17, 15) is 4.79 Å². The van der Waals surface area contributed by atoms with Crippen LogP contribution in [0.15, 0.2) is 54.6 Å². The minimum absolute atomic E-state index is 0.161. The third kappa shape index (κ3) is 4.28. The standard InChI is InChI=1S/C20H18N6O3S/c1-28-16-5-3-13(7-17(16)29-2)20-25-15(10-30-20)8-19(27)24-14-4-6-18(22-9-14)26-12-21-11-23-26/h3-7,9-12H,8H2,1-2H3,(H,24,27). The summed E-state index contributed by atoms with van der Waals surface area (Å²) in [5.74, 6) is 1.73. The average molecular weight is 422 g/mol. The summed E-state index contributed by atoms with van der Waals surface area (Å²) in [5.41, 5.74) is 2.19. The SMILES string of the molecule is COc1ccc(-c2nc(CC(=O)Nc3ccc(-n4cncn4)nc3)cs2)cc1OC. The fraction of sp³-hybridized carbons (Fsp3) is 0.150. The quantitative estimate of drug-likeness (QED) is 0.488. The van der Waals surface area contributed by atoms with Crippen molar-refractivity contribution >= 4 is 22.9 Å². The fourth-order valence-corrected chi connectivity index (χ4v) is 3.60. The number of nitrogens with zero attached hydrogens (tertiary/aromatic N) is 5. The van der Waals surface area contributed by atoms with E-state index in [1.54, 1.807) is 38.9 Å². The first-order valence-electron chi connectivity index (χ1n) is 8.94. The Labute approximate surface area is 176 Å². The summed E-state index contributed by atoms with van der Waals surface area (Å²) in [6.07, 6.45) is 4.72. The Bertz CT molecular complexity index is 1140. The summed E-state index contributed by atoms with van der Waals surface area (Å²) < 4.78 is 12.1. The maximum atomic E-state index is 12.4. The zero-order valence-corrected chi connectivity index (χ0v) is 17.1. The first kappa shape index (κ1) is 19.5. The van der Waals surface area contributed by atoms with Crippen LogP contribution in [0.4, 0.5) is 5.69 Å². The van der Waals surface area contributed by atoms with E-state index in [0.29, 0.717) is 28.7 Å². The highest BCUT2D eigenvalue weighted by molar-refractivity contribution is 7.13. The summed E-state index contributed by atoms with van der Waals surface area (Å²) in [7, 11) is 3.18. The molecular weight excluding hydrogens is 404 g/mol.